The van der Waals surface area contributed by atoms with E-state index < -0.39 is 5.97 Å². The smallest absolute Gasteiger partial charge is 0.354 e. The van der Waals surface area contributed by atoms with Gasteiger partial charge in [-0.05, 0) is 12.8 Å². The van der Waals surface area contributed by atoms with Crippen molar-refractivity contribution in [3.8, 4) is 0 Å². The van der Waals surface area contributed by atoms with Crippen LogP contribution in [0.25, 0.3) is 0 Å². The maximum Gasteiger partial charge on any atom is 0.354 e. The van der Waals surface area contributed by atoms with E-state index in [0.717, 1.165) is 19.4 Å². The molecule has 0 bridgehead atoms. The maximum atomic E-state index is 11.3. The van der Waals surface area contributed by atoms with Gasteiger partial charge < -0.3 is 15.3 Å². The zero-order chi connectivity index (χ0) is 13.8. The summed E-state index contributed by atoms with van der Waals surface area (Å²) >= 11 is 0. The lowest BCUT2D eigenvalue weighted by Gasteiger charge is -2.32. The monoisotopic (exact) mass is 264 g/mol. The molecule has 0 aromatic carbocycles. The molecule has 1 amide bonds. The Balaban J connectivity index is 2.02. The number of anilines is 1. The summed E-state index contributed by atoms with van der Waals surface area (Å²) in [5.74, 6) is -0.553. The number of hydrogen-bond acceptors (Lipinski definition) is 5. The molecule has 0 aliphatic carbocycles. The van der Waals surface area contributed by atoms with E-state index in [1.165, 1.54) is 12.4 Å². The number of carbonyl (C=O) groups excluding carboxylic acids is 1. The molecule has 2 heterocycles. The molecular weight excluding hydrogens is 248 g/mol. The van der Waals surface area contributed by atoms with Crippen molar-refractivity contribution < 1.29 is 14.7 Å². The molecule has 1 saturated heterocycles. The molecule has 1 aromatic heterocycles. The molecule has 102 valence electrons. The van der Waals surface area contributed by atoms with Gasteiger partial charge >= 0.3 is 5.97 Å². The Labute approximate surface area is 110 Å². The number of carboxylic acid groups (broad SMARTS) is 1. The third kappa shape index (κ3) is 3.40. The van der Waals surface area contributed by atoms with Gasteiger partial charge in [0.25, 0.3) is 0 Å². The Morgan fingerprint density at radius 3 is 2.95 bits per heavy atom. The van der Waals surface area contributed by atoms with Crippen LogP contribution >= 0.6 is 0 Å². The number of amides is 1. The molecule has 19 heavy (non-hydrogen) atoms. The Kier molecular flexibility index (Phi) is 3.94. The molecule has 0 spiro atoms. The van der Waals surface area contributed by atoms with Gasteiger partial charge in [-0.2, -0.15) is 0 Å². The third-order valence-corrected chi connectivity index (χ3v) is 3.10. The van der Waals surface area contributed by atoms with Gasteiger partial charge in [0.1, 0.15) is 12.1 Å². The first-order valence-corrected chi connectivity index (χ1v) is 6.13. The molecule has 1 aromatic rings. The number of piperidine rings is 1. The number of nitrogens with one attached hydrogen (secondary N) is 1. The van der Waals surface area contributed by atoms with Gasteiger partial charge in [0.2, 0.25) is 5.91 Å². The average molecular weight is 264 g/mol. The molecule has 2 N–H and O–H groups in total. The van der Waals surface area contributed by atoms with Crippen LogP contribution in [0.3, 0.4) is 0 Å². The molecule has 1 fully saturated rings. The number of likely N-dealkylation sites (tertiary alicyclic amines) is 1. The number of rotatable bonds is 3. The van der Waals surface area contributed by atoms with Gasteiger partial charge in [-0.1, -0.05) is 0 Å². The standard InChI is InChI=1S/C12H16N4O3/c1-8(17)16-4-2-3-9(6-16)15-11-5-10(12(18)19)13-7-14-11/h5,7,9H,2-4,6H2,1H3,(H,18,19)(H,13,14,15). The molecule has 7 heteroatoms. The molecule has 1 atom stereocenters. The molecule has 2 rings (SSSR count). The quantitative estimate of drug-likeness (QED) is 0.830. The van der Waals surface area contributed by atoms with E-state index in [0.29, 0.717) is 12.4 Å². The summed E-state index contributed by atoms with van der Waals surface area (Å²) in [6.45, 7) is 2.94. The minimum Gasteiger partial charge on any atom is -0.477 e. The first-order chi connectivity index (χ1) is 9.06. The highest BCUT2D eigenvalue weighted by atomic mass is 16.4. The normalized spacial score (nSPS) is 19.0. The van der Waals surface area contributed by atoms with Gasteiger partial charge in [-0.15, -0.1) is 0 Å². The SMILES string of the molecule is CC(=O)N1CCCC(Nc2cc(C(=O)O)ncn2)C1. The summed E-state index contributed by atoms with van der Waals surface area (Å²) in [5, 5.41) is 12.0. The molecule has 7 nitrogen and oxygen atoms in total. The second-order valence-electron chi connectivity index (χ2n) is 4.54. The van der Waals surface area contributed by atoms with Crippen molar-refractivity contribution >= 4 is 17.7 Å². The van der Waals surface area contributed by atoms with E-state index in [-0.39, 0.29) is 17.6 Å². The highest BCUT2D eigenvalue weighted by Crippen LogP contribution is 2.15. The van der Waals surface area contributed by atoms with Crippen LogP contribution < -0.4 is 5.32 Å². The summed E-state index contributed by atoms with van der Waals surface area (Å²) in [5.41, 5.74) is -0.0447. The van der Waals surface area contributed by atoms with Crippen LogP contribution in [0.1, 0.15) is 30.3 Å². The summed E-state index contributed by atoms with van der Waals surface area (Å²) < 4.78 is 0. The van der Waals surface area contributed by atoms with Gasteiger partial charge in [-0.25, -0.2) is 14.8 Å². The van der Waals surface area contributed by atoms with E-state index in [2.05, 4.69) is 15.3 Å². The van der Waals surface area contributed by atoms with Crippen LogP contribution in [0.4, 0.5) is 5.82 Å². The van der Waals surface area contributed by atoms with Crippen molar-refractivity contribution in [2.24, 2.45) is 0 Å². The van der Waals surface area contributed by atoms with Gasteiger partial charge in [-0.3, -0.25) is 4.79 Å². The fourth-order valence-electron chi connectivity index (χ4n) is 2.14. The van der Waals surface area contributed by atoms with Crippen LogP contribution in [0.5, 0.6) is 0 Å². The third-order valence-electron chi connectivity index (χ3n) is 3.10. The number of aromatic carboxylic acids is 1. The maximum absolute atomic E-state index is 11.3. The minimum absolute atomic E-state index is 0.0447. The fourth-order valence-corrected chi connectivity index (χ4v) is 2.14. The molecule has 1 aliphatic rings. The largest absolute Gasteiger partial charge is 0.477 e. The van der Waals surface area contributed by atoms with Gasteiger partial charge in [0, 0.05) is 32.1 Å². The van der Waals surface area contributed by atoms with Crippen molar-refractivity contribution in [2.75, 3.05) is 18.4 Å². The highest BCUT2D eigenvalue weighted by Gasteiger charge is 2.21. The van der Waals surface area contributed by atoms with Gasteiger partial charge in [0.15, 0.2) is 5.69 Å². The number of nitrogens with zero attached hydrogens (tertiary/aromatic N) is 3. The van der Waals surface area contributed by atoms with Crippen molar-refractivity contribution in [3.63, 3.8) is 0 Å². The predicted octanol–water partition coefficient (Wildman–Crippen LogP) is 0.598. The Hall–Kier alpha value is -2.18. The fraction of sp³-hybridized carbons (Fsp3) is 0.500. The first-order valence-electron chi connectivity index (χ1n) is 6.13. The molecule has 0 radical (unpaired) electrons. The number of carbonyl (C=O) groups is 2. The van der Waals surface area contributed by atoms with E-state index in [1.54, 1.807) is 11.8 Å². The van der Waals surface area contributed by atoms with E-state index in [1.807, 2.05) is 0 Å². The first kappa shape index (κ1) is 13.3. The van der Waals surface area contributed by atoms with E-state index >= 15 is 0 Å². The summed E-state index contributed by atoms with van der Waals surface area (Å²) in [7, 11) is 0. The summed E-state index contributed by atoms with van der Waals surface area (Å²) in [6.07, 6.45) is 3.07. The molecular formula is C12H16N4O3. The predicted molar refractivity (Wildman–Crippen MR) is 67.9 cm³/mol. The van der Waals surface area contributed by atoms with Crippen molar-refractivity contribution in [1.29, 1.82) is 0 Å². The van der Waals surface area contributed by atoms with E-state index in [4.69, 9.17) is 5.11 Å². The number of hydrogen-bond donors (Lipinski definition) is 2. The molecule has 1 unspecified atom stereocenters. The lowest BCUT2D eigenvalue weighted by Crippen LogP contribution is -2.44. The highest BCUT2D eigenvalue weighted by molar-refractivity contribution is 5.86. The van der Waals surface area contributed by atoms with Crippen LogP contribution in [0.2, 0.25) is 0 Å². The minimum atomic E-state index is -1.08. The second kappa shape index (κ2) is 5.64. The van der Waals surface area contributed by atoms with Crippen LogP contribution in [0.15, 0.2) is 12.4 Å². The second-order valence-corrected chi connectivity index (χ2v) is 4.54. The van der Waals surface area contributed by atoms with Crippen LogP contribution in [-0.2, 0) is 4.79 Å². The Morgan fingerprint density at radius 2 is 2.26 bits per heavy atom. The lowest BCUT2D eigenvalue weighted by atomic mass is 10.1. The number of aromatic nitrogens is 2. The average Bonchev–Trinajstić information content (AvgIpc) is 2.39. The summed E-state index contributed by atoms with van der Waals surface area (Å²) in [4.78, 5) is 31.6. The zero-order valence-corrected chi connectivity index (χ0v) is 10.7. The molecule has 0 saturated carbocycles. The van der Waals surface area contributed by atoms with Crippen LogP contribution in [-0.4, -0.2) is 51.0 Å². The van der Waals surface area contributed by atoms with Crippen molar-refractivity contribution in [1.82, 2.24) is 14.9 Å². The van der Waals surface area contributed by atoms with Crippen molar-refractivity contribution in [3.05, 3.63) is 18.1 Å². The zero-order valence-electron chi connectivity index (χ0n) is 10.7. The number of carboxylic acids is 1. The summed E-state index contributed by atoms with van der Waals surface area (Å²) in [6, 6.07) is 1.49. The van der Waals surface area contributed by atoms with E-state index in [9.17, 15) is 9.59 Å². The molecule has 1 aliphatic heterocycles. The Bertz CT molecular complexity index is 492. The van der Waals surface area contributed by atoms with Crippen LogP contribution in [0, 0.1) is 0 Å². The van der Waals surface area contributed by atoms with Crippen molar-refractivity contribution in [2.45, 2.75) is 25.8 Å². The lowest BCUT2D eigenvalue weighted by molar-refractivity contribution is -0.129. The Morgan fingerprint density at radius 1 is 1.47 bits per heavy atom. The topological polar surface area (TPSA) is 95.4 Å². The van der Waals surface area contributed by atoms with Gasteiger partial charge in [0.05, 0.1) is 0 Å².